The minimum atomic E-state index is 0.231. The summed E-state index contributed by atoms with van der Waals surface area (Å²) in [4.78, 5) is 4.55. The Morgan fingerprint density at radius 1 is 1.00 bits per heavy atom. The van der Waals surface area contributed by atoms with Crippen LogP contribution in [0.4, 0.5) is 5.82 Å². The first kappa shape index (κ1) is 15.0. The summed E-state index contributed by atoms with van der Waals surface area (Å²) >= 11 is 6.09. The second-order valence-corrected chi connectivity index (χ2v) is 5.94. The van der Waals surface area contributed by atoms with Gasteiger partial charge in [0.15, 0.2) is 5.65 Å². The molecule has 0 amide bonds. The van der Waals surface area contributed by atoms with E-state index < -0.39 is 0 Å². The van der Waals surface area contributed by atoms with Crippen LogP contribution < -0.4 is 5.73 Å². The third-order valence-corrected chi connectivity index (χ3v) is 4.35. The second kappa shape index (κ2) is 5.52. The number of fused-ring (bicyclic) bond motifs is 3. The highest BCUT2D eigenvalue weighted by atomic mass is 35.5. The van der Waals surface area contributed by atoms with Gasteiger partial charge in [0, 0.05) is 10.6 Å². The smallest absolute Gasteiger partial charge is 0.158 e. The lowest BCUT2D eigenvalue weighted by Gasteiger charge is -2.12. The number of nitrogens with two attached hydrogens (primary N) is 1. The molecule has 118 valence electrons. The van der Waals surface area contributed by atoms with Crippen LogP contribution in [0.3, 0.4) is 0 Å². The predicted molar refractivity (Wildman–Crippen MR) is 97.0 cm³/mol. The fourth-order valence-electron chi connectivity index (χ4n) is 3.07. The Balaban J connectivity index is 2.26. The van der Waals surface area contributed by atoms with Crippen LogP contribution >= 0.6 is 11.6 Å². The zero-order valence-electron chi connectivity index (χ0n) is 12.9. The molecule has 0 radical (unpaired) electrons. The quantitative estimate of drug-likeness (QED) is 0.562. The lowest BCUT2D eigenvalue weighted by molar-refractivity contribution is 1.21. The average molecular weight is 344 g/mol. The Bertz CT molecular complexity index is 1240. The molecule has 2 aromatic heterocycles. The van der Waals surface area contributed by atoms with Gasteiger partial charge in [0.25, 0.3) is 0 Å². The molecule has 0 aliphatic heterocycles. The van der Waals surface area contributed by atoms with Crippen LogP contribution in [0, 0.1) is 22.7 Å². The molecule has 0 saturated heterocycles. The molecule has 25 heavy (non-hydrogen) atoms. The minimum absolute atomic E-state index is 0.231. The molecule has 2 heterocycles. The molecule has 0 spiro atoms. The summed E-state index contributed by atoms with van der Waals surface area (Å²) in [7, 11) is 0. The molecule has 0 unspecified atom stereocenters. The van der Waals surface area contributed by atoms with Crippen molar-refractivity contribution in [2.24, 2.45) is 0 Å². The first-order chi connectivity index (χ1) is 12.2. The zero-order valence-corrected chi connectivity index (χ0v) is 13.6. The van der Waals surface area contributed by atoms with Crippen molar-refractivity contribution in [2.45, 2.75) is 0 Å². The maximum atomic E-state index is 9.80. The molecule has 0 aliphatic rings. The Hall–Kier alpha value is -3.54. The number of benzene rings is 2. The van der Waals surface area contributed by atoms with Crippen molar-refractivity contribution in [3.05, 3.63) is 64.7 Å². The summed E-state index contributed by atoms with van der Waals surface area (Å²) in [5.41, 5.74) is 9.81. The van der Waals surface area contributed by atoms with E-state index in [-0.39, 0.29) is 11.4 Å². The summed E-state index contributed by atoms with van der Waals surface area (Å²) < 4.78 is 1.65. The maximum Gasteiger partial charge on any atom is 0.158 e. The molecular formula is C19H10ClN5. The molecule has 4 aromatic rings. The van der Waals surface area contributed by atoms with Crippen molar-refractivity contribution in [2.75, 3.05) is 5.73 Å². The monoisotopic (exact) mass is 343 g/mol. The van der Waals surface area contributed by atoms with Gasteiger partial charge in [-0.3, -0.25) is 4.40 Å². The summed E-state index contributed by atoms with van der Waals surface area (Å²) in [6, 6.07) is 18.7. The predicted octanol–water partition coefficient (Wildman–Crippen LogP) is 4.13. The van der Waals surface area contributed by atoms with Crippen LogP contribution in [0.25, 0.3) is 27.8 Å². The number of hydrogen-bond donors (Lipinski definition) is 1. The highest BCUT2D eigenvalue weighted by Gasteiger charge is 2.22. The molecule has 4 rings (SSSR count). The SMILES string of the molecule is N#Cc1c(-c2cccc(Cl)c2)c(C#N)c2nc3ccccc3n2c1N. The molecular weight excluding hydrogens is 334 g/mol. The number of imidazole rings is 1. The van der Waals surface area contributed by atoms with Gasteiger partial charge in [0.1, 0.15) is 29.1 Å². The van der Waals surface area contributed by atoms with Gasteiger partial charge in [0.05, 0.1) is 11.0 Å². The molecule has 0 aliphatic carbocycles. The molecule has 0 atom stereocenters. The van der Waals surface area contributed by atoms with E-state index in [0.29, 0.717) is 32.9 Å². The third kappa shape index (κ3) is 2.11. The highest BCUT2D eigenvalue weighted by Crippen LogP contribution is 2.36. The summed E-state index contributed by atoms with van der Waals surface area (Å²) in [5.74, 6) is 0.250. The van der Waals surface area contributed by atoms with Crippen molar-refractivity contribution >= 4 is 34.1 Å². The van der Waals surface area contributed by atoms with Gasteiger partial charge >= 0.3 is 0 Å². The maximum absolute atomic E-state index is 9.80. The number of anilines is 1. The first-order valence-electron chi connectivity index (χ1n) is 7.44. The van der Waals surface area contributed by atoms with Crippen molar-refractivity contribution in [1.29, 1.82) is 10.5 Å². The van der Waals surface area contributed by atoms with Crippen molar-refractivity contribution in [3.63, 3.8) is 0 Å². The fourth-order valence-corrected chi connectivity index (χ4v) is 3.26. The summed E-state index contributed by atoms with van der Waals surface area (Å²) in [5, 5.41) is 20.0. The average Bonchev–Trinajstić information content (AvgIpc) is 3.01. The van der Waals surface area contributed by atoms with E-state index in [2.05, 4.69) is 17.1 Å². The van der Waals surface area contributed by atoms with Gasteiger partial charge in [-0.15, -0.1) is 0 Å². The zero-order chi connectivity index (χ0) is 17.6. The van der Waals surface area contributed by atoms with Crippen LogP contribution in [0.15, 0.2) is 48.5 Å². The van der Waals surface area contributed by atoms with Gasteiger partial charge in [-0.05, 0) is 29.8 Å². The van der Waals surface area contributed by atoms with E-state index in [0.717, 1.165) is 5.52 Å². The number of rotatable bonds is 1. The highest BCUT2D eigenvalue weighted by molar-refractivity contribution is 6.30. The number of hydrogen-bond acceptors (Lipinski definition) is 4. The van der Waals surface area contributed by atoms with Gasteiger partial charge in [-0.1, -0.05) is 35.9 Å². The van der Waals surface area contributed by atoms with E-state index in [4.69, 9.17) is 17.3 Å². The van der Waals surface area contributed by atoms with Crippen LogP contribution in [-0.2, 0) is 0 Å². The number of aromatic nitrogens is 2. The molecule has 0 bridgehead atoms. The van der Waals surface area contributed by atoms with Crippen LogP contribution in [0.1, 0.15) is 11.1 Å². The number of nitriles is 2. The molecule has 6 heteroatoms. The Labute approximate surface area is 148 Å². The largest absolute Gasteiger partial charge is 0.384 e. The van der Waals surface area contributed by atoms with Crippen LogP contribution in [0.5, 0.6) is 0 Å². The van der Waals surface area contributed by atoms with Gasteiger partial charge in [-0.2, -0.15) is 10.5 Å². The van der Waals surface area contributed by atoms with Gasteiger partial charge in [-0.25, -0.2) is 4.98 Å². The Kier molecular flexibility index (Phi) is 3.32. The molecule has 0 fully saturated rings. The third-order valence-electron chi connectivity index (χ3n) is 4.12. The Morgan fingerprint density at radius 2 is 1.76 bits per heavy atom. The van der Waals surface area contributed by atoms with E-state index in [1.165, 1.54) is 0 Å². The van der Waals surface area contributed by atoms with Crippen LogP contribution in [-0.4, -0.2) is 9.38 Å². The number of nitrogens with zero attached hydrogens (tertiary/aromatic N) is 4. The molecule has 5 nitrogen and oxygen atoms in total. The fraction of sp³-hybridized carbons (Fsp3) is 0. The van der Waals surface area contributed by atoms with Crippen molar-refractivity contribution < 1.29 is 0 Å². The van der Waals surface area contributed by atoms with Gasteiger partial charge in [0.2, 0.25) is 0 Å². The summed E-state index contributed by atoms with van der Waals surface area (Å²) in [6.07, 6.45) is 0. The number of pyridine rings is 1. The van der Waals surface area contributed by atoms with Crippen LogP contribution in [0.2, 0.25) is 5.02 Å². The topological polar surface area (TPSA) is 90.9 Å². The number of para-hydroxylation sites is 2. The standard InChI is InChI=1S/C19H10ClN5/c20-12-5-3-4-11(8-12)17-13(9-21)18(23)25-16-7-2-1-6-15(16)24-19(25)14(17)10-22/h1-8H,23H2. The summed E-state index contributed by atoms with van der Waals surface area (Å²) in [6.45, 7) is 0. The molecule has 0 saturated carbocycles. The van der Waals surface area contributed by atoms with E-state index in [1.54, 1.807) is 28.7 Å². The minimum Gasteiger partial charge on any atom is -0.384 e. The normalized spacial score (nSPS) is 10.7. The molecule has 2 N–H and O–H groups in total. The molecule has 2 aromatic carbocycles. The lowest BCUT2D eigenvalue weighted by Crippen LogP contribution is -2.05. The number of nitrogen functional groups attached to an aromatic ring is 1. The Morgan fingerprint density at radius 3 is 2.48 bits per heavy atom. The second-order valence-electron chi connectivity index (χ2n) is 5.50. The number of halogens is 1. The van der Waals surface area contributed by atoms with E-state index in [9.17, 15) is 10.5 Å². The van der Waals surface area contributed by atoms with E-state index >= 15 is 0 Å². The first-order valence-corrected chi connectivity index (χ1v) is 7.82. The van der Waals surface area contributed by atoms with Gasteiger partial charge < -0.3 is 5.73 Å². The van der Waals surface area contributed by atoms with E-state index in [1.807, 2.05) is 24.3 Å². The van der Waals surface area contributed by atoms with Crippen molar-refractivity contribution in [1.82, 2.24) is 9.38 Å². The lowest BCUT2D eigenvalue weighted by atomic mass is 9.96. The van der Waals surface area contributed by atoms with Crippen molar-refractivity contribution in [3.8, 4) is 23.3 Å².